The van der Waals surface area contributed by atoms with Crippen molar-refractivity contribution in [2.24, 2.45) is 10.4 Å². The van der Waals surface area contributed by atoms with Crippen LogP contribution in [0, 0.1) is 5.41 Å². The average molecular weight is 495 g/mol. The maximum absolute atomic E-state index is 12.3. The molecule has 3 N–H and O–H groups in total. The molecule has 8 heteroatoms. The molecule has 0 spiro atoms. The van der Waals surface area contributed by atoms with Crippen molar-refractivity contribution in [1.82, 2.24) is 10.6 Å². The zero-order chi connectivity index (χ0) is 18.0. The van der Waals surface area contributed by atoms with Gasteiger partial charge in [-0.25, -0.2) is 0 Å². The summed E-state index contributed by atoms with van der Waals surface area (Å²) >= 11 is 0. The number of benzene rings is 1. The van der Waals surface area contributed by atoms with Crippen LogP contribution in [-0.2, 0) is 15.5 Å². The van der Waals surface area contributed by atoms with E-state index in [2.05, 4.69) is 15.6 Å². The van der Waals surface area contributed by atoms with Crippen LogP contribution in [0.5, 0.6) is 0 Å². The minimum atomic E-state index is -1.02. The Bertz CT molecular complexity index is 566. The van der Waals surface area contributed by atoms with E-state index < -0.39 is 10.8 Å². The third-order valence-electron chi connectivity index (χ3n) is 4.33. The summed E-state index contributed by atoms with van der Waals surface area (Å²) in [6, 6.07) is 9.49. The molecule has 1 aliphatic rings. The first-order chi connectivity index (χ1) is 12.2. The lowest BCUT2D eigenvalue weighted by molar-refractivity contribution is 0.131. The lowest BCUT2D eigenvalue weighted by atomic mass is 9.84. The Labute approximate surface area is 175 Å². The van der Waals surface area contributed by atoms with E-state index in [1.54, 1.807) is 0 Å². The Balaban J connectivity index is 0.00000338. The minimum Gasteiger partial charge on any atom is -0.396 e. The third kappa shape index (κ3) is 7.50. The highest BCUT2D eigenvalue weighted by molar-refractivity contribution is 14.0. The number of ether oxygens (including phenoxy) is 1. The predicted molar refractivity (Wildman–Crippen MR) is 117 cm³/mol. The van der Waals surface area contributed by atoms with Crippen molar-refractivity contribution in [1.29, 1.82) is 0 Å². The molecule has 1 saturated heterocycles. The zero-order valence-electron chi connectivity index (χ0n) is 15.3. The molecule has 2 rings (SSSR count). The highest BCUT2D eigenvalue weighted by Gasteiger charge is 2.34. The van der Waals surface area contributed by atoms with Crippen LogP contribution in [0.15, 0.2) is 40.2 Å². The van der Waals surface area contributed by atoms with Gasteiger partial charge in [-0.3, -0.25) is 9.20 Å². The fourth-order valence-corrected chi connectivity index (χ4v) is 3.81. The van der Waals surface area contributed by atoms with E-state index in [0.717, 1.165) is 30.4 Å². The normalized spacial score (nSPS) is 21.1. The van der Waals surface area contributed by atoms with Crippen LogP contribution in [-0.4, -0.2) is 60.5 Å². The molecule has 26 heavy (non-hydrogen) atoms. The van der Waals surface area contributed by atoms with Crippen molar-refractivity contribution in [2.75, 3.05) is 45.2 Å². The molecular formula is C18H30IN3O3S. The van der Waals surface area contributed by atoms with Gasteiger partial charge in [-0.1, -0.05) is 18.2 Å². The first-order valence-electron chi connectivity index (χ1n) is 8.83. The predicted octanol–water partition coefficient (Wildman–Crippen LogP) is 1.76. The van der Waals surface area contributed by atoms with Gasteiger partial charge in [0.1, 0.15) is 0 Å². The fourth-order valence-electron chi connectivity index (χ4n) is 2.83. The zero-order valence-corrected chi connectivity index (χ0v) is 18.4. The molecule has 0 radical (unpaired) electrons. The summed E-state index contributed by atoms with van der Waals surface area (Å²) in [6.07, 6.45) is 1.63. The van der Waals surface area contributed by atoms with Gasteiger partial charge in [-0.2, -0.15) is 0 Å². The number of guanidine groups is 1. The molecule has 1 aromatic carbocycles. The molecule has 0 aromatic heterocycles. The largest absolute Gasteiger partial charge is 0.396 e. The Hall–Kier alpha value is -0.710. The summed E-state index contributed by atoms with van der Waals surface area (Å²) in [7, 11) is -1.02. The maximum atomic E-state index is 12.3. The lowest BCUT2D eigenvalue weighted by Crippen LogP contribution is -2.40. The van der Waals surface area contributed by atoms with Gasteiger partial charge < -0.3 is 20.5 Å². The topological polar surface area (TPSA) is 83.0 Å². The Morgan fingerprint density at radius 2 is 2.12 bits per heavy atom. The highest BCUT2D eigenvalue weighted by atomic mass is 127. The molecule has 1 aromatic rings. The monoisotopic (exact) mass is 495 g/mol. The van der Waals surface area contributed by atoms with Gasteiger partial charge in [0.2, 0.25) is 0 Å². The van der Waals surface area contributed by atoms with E-state index >= 15 is 0 Å². The molecule has 1 heterocycles. The molecule has 148 valence electrons. The van der Waals surface area contributed by atoms with Crippen LogP contribution in [0.4, 0.5) is 0 Å². The van der Waals surface area contributed by atoms with Gasteiger partial charge in [0.05, 0.1) is 24.0 Å². The van der Waals surface area contributed by atoms with E-state index in [0.29, 0.717) is 31.9 Å². The van der Waals surface area contributed by atoms with E-state index in [1.807, 2.05) is 37.3 Å². The molecule has 0 aliphatic carbocycles. The van der Waals surface area contributed by atoms with Crippen LogP contribution in [0.3, 0.4) is 0 Å². The minimum absolute atomic E-state index is 0. The number of aliphatic imine (C=N–C) groups is 1. The molecule has 2 unspecified atom stereocenters. The van der Waals surface area contributed by atoms with Crippen LogP contribution in [0.25, 0.3) is 0 Å². The number of hydrogen-bond donors (Lipinski definition) is 3. The Morgan fingerprint density at radius 1 is 1.35 bits per heavy atom. The van der Waals surface area contributed by atoms with Crippen molar-refractivity contribution < 1.29 is 14.1 Å². The van der Waals surface area contributed by atoms with Gasteiger partial charge in [0.25, 0.3) is 0 Å². The first-order valence-corrected chi connectivity index (χ1v) is 10.2. The van der Waals surface area contributed by atoms with Crippen LogP contribution >= 0.6 is 24.0 Å². The summed E-state index contributed by atoms with van der Waals surface area (Å²) in [5.41, 5.74) is -0.0655. The Kier molecular flexibility index (Phi) is 11.3. The fraction of sp³-hybridized carbons (Fsp3) is 0.611. The summed E-state index contributed by atoms with van der Waals surface area (Å²) in [5, 5.41) is 15.8. The molecule has 1 aliphatic heterocycles. The van der Waals surface area contributed by atoms with Crippen molar-refractivity contribution in [3.8, 4) is 0 Å². The van der Waals surface area contributed by atoms with Crippen molar-refractivity contribution >= 4 is 40.7 Å². The number of hydrogen-bond acceptors (Lipinski definition) is 4. The van der Waals surface area contributed by atoms with Crippen LogP contribution in [0.1, 0.15) is 19.8 Å². The quantitative estimate of drug-likeness (QED) is 0.276. The molecule has 0 saturated carbocycles. The van der Waals surface area contributed by atoms with E-state index in [1.165, 1.54) is 0 Å². The summed E-state index contributed by atoms with van der Waals surface area (Å²) in [5.74, 6) is 1.25. The number of nitrogens with one attached hydrogen (secondary N) is 2. The number of nitrogens with zero attached hydrogens (tertiary/aromatic N) is 1. The smallest absolute Gasteiger partial charge is 0.191 e. The molecule has 0 bridgehead atoms. The number of halogens is 1. The number of aliphatic hydroxyl groups excluding tert-OH is 1. The molecular weight excluding hydrogens is 465 g/mol. The van der Waals surface area contributed by atoms with Gasteiger partial charge >= 0.3 is 0 Å². The third-order valence-corrected chi connectivity index (χ3v) is 5.70. The molecule has 0 amide bonds. The standard InChI is InChI=1S/C18H29N3O3S.HI/c1-2-19-17(21-14-18(8-11-22)9-12-24-15-18)20-10-13-25(23)16-6-4-3-5-7-16;/h3-7,22H,2,8-15H2,1H3,(H2,19,20,21);1H. The van der Waals surface area contributed by atoms with Crippen molar-refractivity contribution in [2.45, 2.75) is 24.7 Å². The summed E-state index contributed by atoms with van der Waals surface area (Å²) < 4.78 is 17.8. The second kappa shape index (κ2) is 12.6. The van der Waals surface area contributed by atoms with E-state index in [-0.39, 0.29) is 36.0 Å². The average Bonchev–Trinajstić information content (AvgIpc) is 3.09. The van der Waals surface area contributed by atoms with Gasteiger partial charge in [-0.05, 0) is 31.9 Å². The molecule has 6 nitrogen and oxygen atoms in total. The SMILES string of the molecule is CCNC(=NCC1(CCO)CCOC1)NCCS(=O)c1ccccc1.I. The Morgan fingerprint density at radius 3 is 2.73 bits per heavy atom. The first kappa shape index (κ1) is 23.3. The molecule has 1 fully saturated rings. The van der Waals surface area contributed by atoms with Crippen LogP contribution in [0.2, 0.25) is 0 Å². The van der Waals surface area contributed by atoms with Gasteiger partial charge in [0, 0.05) is 42.4 Å². The summed E-state index contributed by atoms with van der Waals surface area (Å²) in [6.45, 7) is 5.50. The second-order valence-electron chi connectivity index (χ2n) is 6.26. The van der Waals surface area contributed by atoms with Crippen molar-refractivity contribution in [3.05, 3.63) is 30.3 Å². The van der Waals surface area contributed by atoms with Gasteiger partial charge in [0.15, 0.2) is 5.96 Å². The van der Waals surface area contributed by atoms with E-state index in [9.17, 15) is 9.32 Å². The number of aliphatic hydroxyl groups is 1. The maximum Gasteiger partial charge on any atom is 0.191 e. The summed E-state index contributed by atoms with van der Waals surface area (Å²) in [4.78, 5) is 5.50. The van der Waals surface area contributed by atoms with Gasteiger partial charge in [-0.15, -0.1) is 24.0 Å². The van der Waals surface area contributed by atoms with E-state index in [4.69, 9.17) is 4.74 Å². The lowest BCUT2D eigenvalue weighted by Gasteiger charge is -2.24. The van der Waals surface area contributed by atoms with Crippen molar-refractivity contribution in [3.63, 3.8) is 0 Å². The molecule has 2 atom stereocenters. The number of rotatable bonds is 9. The van der Waals surface area contributed by atoms with Crippen LogP contribution < -0.4 is 10.6 Å². The second-order valence-corrected chi connectivity index (χ2v) is 7.83. The highest BCUT2D eigenvalue weighted by Crippen LogP contribution is 2.32.